The third-order valence-corrected chi connectivity index (χ3v) is 4.14. The summed E-state index contributed by atoms with van der Waals surface area (Å²) in [7, 11) is 3.52. The minimum absolute atomic E-state index is 0.0374. The van der Waals surface area contributed by atoms with Crippen LogP contribution in [0.3, 0.4) is 0 Å². The predicted octanol–water partition coefficient (Wildman–Crippen LogP) is 0.838. The maximum Gasteiger partial charge on any atom is 0.319 e. The van der Waals surface area contributed by atoms with Crippen molar-refractivity contribution >= 4 is 11.9 Å². The van der Waals surface area contributed by atoms with Gasteiger partial charge in [-0.1, -0.05) is 13.8 Å². The zero-order valence-electron chi connectivity index (χ0n) is 13.9. The van der Waals surface area contributed by atoms with Gasteiger partial charge in [-0.15, -0.1) is 0 Å². The van der Waals surface area contributed by atoms with Crippen molar-refractivity contribution in [2.24, 2.45) is 5.92 Å². The van der Waals surface area contributed by atoms with Gasteiger partial charge in [0.25, 0.3) is 0 Å². The Kier molecular flexibility index (Phi) is 7.50. The second kappa shape index (κ2) is 8.87. The van der Waals surface area contributed by atoms with E-state index in [4.69, 9.17) is 0 Å². The van der Waals surface area contributed by atoms with Crippen molar-refractivity contribution in [3.05, 3.63) is 0 Å². The van der Waals surface area contributed by atoms with Gasteiger partial charge in [0.05, 0.1) is 0 Å². The van der Waals surface area contributed by atoms with Crippen molar-refractivity contribution in [3.63, 3.8) is 0 Å². The Labute approximate surface area is 128 Å². The van der Waals surface area contributed by atoms with Crippen molar-refractivity contribution in [1.29, 1.82) is 0 Å². The number of carbonyl (C=O) groups is 2. The normalized spacial score (nSPS) is 16.1. The van der Waals surface area contributed by atoms with Crippen molar-refractivity contribution in [2.45, 2.75) is 26.7 Å². The standard InChI is InChI=1S/C15H30N4O2/c1-5-18(6-2)12-9-16-14(20)13-7-10-19(11-8-13)15(21)17(3)4/h13H,5-12H2,1-4H3,(H,16,20). The third kappa shape index (κ3) is 5.53. The van der Waals surface area contributed by atoms with E-state index < -0.39 is 0 Å². The summed E-state index contributed by atoms with van der Waals surface area (Å²) in [6.07, 6.45) is 1.52. The van der Waals surface area contributed by atoms with Gasteiger partial charge in [0.15, 0.2) is 0 Å². The minimum atomic E-state index is 0.0374. The average molecular weight is 298 g/mol. The number of likely N-dealkylation sites (tertiary alicyclic amines) is 1. The van der Waals surface area contributed by atoms with Gasteiger partial charge in [0.1, 0.15) is 0 Å². The fourth-order valence-electron chi connectivity index (χ4n) is 2.64. The van der Waals surface area contributed by atoms with Crippen LogP contribution in [0.4, 0.5) is 4.79 Å². The maximum absolute atomic E-state index is 12.1. The summed E-state index contributed by atoms with van der Waals surface area (Å²) in [5.41, 5.74) is 0. The van der Waals surface area contributed by atoms with E-state index in [0.29, 0.717) is 19.6 Å². The van der Waals surface area contributed by atoms with E-state index in [2.05, 4.69) is 24.1 Å². The van der Waals surface area contributed by atoms with E-state index >= 15 is 0 Å². The summed E-state index contributed by atoms with van der Waals surface area (Å²) in [6, 6.07) is 0.0374. The Morgan fingerprint density at radius 1 is 1.14 bits per heavy atom. The molecule has 1 saturated heterocycles. The SMILES string of the molecule is CCN(CC)CCNC(=O)C1CCN(C(=O)N(C)C)CC1. The number of hydrogen-bond acceptors (Lipinski definition) is 3. The molecule has 0 aromatic heterocycles. The number of nitrogens with one attached hydrogen (secondary N) is 1. The number of nitrogens with zero attached hydrogens (tertiary/aromatic N) is 3. The van der Waals surface area contributed by atoms with Crippen LogP contribution in [0.2, 0.25) is 0 Å². The molecule has 0 aromatic carbocycles. The van der Waals surface area contributed by atoms with E-state index in [-0.39, 0.29) is 17.9 Å². The summed E-state index contributed by atoms with van der Waals surface area (Å²) >= 11 is 0. The second-order valence-electron chi connectivity index (χ2n) is 5.76. The summed E-state index contributed by atoms with van der Waals surface area (Å²) in [5, 5.41) is 3.02. The molecule has 0 radical (unpaired) electrons. The Bertz CT molecular complexity index is 335. The lowest BCUT2D eigenvalue weighted by atomic mass is 9.96. The van der Waals surface area contributed by atoms with Gasteiger partial charge in [-0.2, -0.15) is 0 Å². The van der Waals surface area contributed by atoms with Crippen LogP contribution in [0, 0.1) is 5.92 Å². The van der Waals surface area contributed by atoms with Crippen LogP contribution in [0.25, 0.3) is 0 Å². The van der Waals surface area contributed by atoms with Crippen LogP contribution >= 0.6 is 0 Å². The highest BCUT2D eigenvalue weighted by Gasteiger charge is 2.27. The lowest BCUT2D eigenvalue weighted by molar-refractivity contribution is -0.126. The molecule has 1 aliphatic heterocycles. The van der Waals surface area contributed by atoms with Crippen molar-refractivity contribution < 1.29 is 9.59 Å². The number of urea groups is 1. The number of carbonyl (C=O) groups excluding carboxylic acids is 2. The number of likely N-dealkylation sites (N-methyl/N-ethyl adjacent to an activating group) is 1. The zero-order valence-corrected chi connectivity index (χ0v) is 13.9. The summed E-state index contributed by atoms with van der Waals surface area (Å²) < 4.78 is 0. The number of hydrogen-bond donors (Lipinski definition) is 1. The highest BCUT2D eigenvalue weighted by atomic mass is 16.2. The summed E-state index contributed by atoms with van der Waals surface area (Å²) in [6.45, 7) is 9.23. The van der Waals surface area contributed by atoms with Gasteiger partial charge in [0, 0.05) is 46.2 Å². The van der Waals surface area contributed by atoms with Gasteiger partial charge >= 0.3 is 6.03 Å². The first-order chi connectivity index (χ1) is 9.99. The van der Waals surface area contributed by atoms with Crippen molar-refractivity contribution in [3.8, 4) is 0 Å². The molecule has 1 fully saturated rings. The molecule has 0 bridgehead atoms. The van der Waals surface area contributed by atoms with E-state index in [9.17, 15) is 9.59 Å². The molecule has 122 valence electrons. The molecule has 3 amide bonds. The molecule has 6 heteroatoms. The molecule has 21 heavy (non-hydrogen) atoms. The first kappa shape index (κ1) is 17.8. The van der Waals surface area contributed by atoms with Gasteiger partial charge in [-0.05, 0) is 25.9 Å². The van der Waals surface area contributed by atoms with E-state index in [1.807, 2.05) is 4.90 Å². The molecule has 1 aliphatic rings. The summed E-state index contributed by atoms with van der Waals surface area (Å²) in [5.74, 6) is 0.187. The fraction of sp³-hybridized carbons (Fsp3) is 0.867. The Morgan fingerprint density at radius 3 is 2.19 bits per heavy atom. The zero-order chi connectivity index (χ0) is 15.8. The monoisotopic (exact) mass is 298 g/mol. The van der Waals surface area contributed by atoms with E-state index in [1.54, 1.807) is 19.0 Å². The van der Waals surface area contributed by atoms with Crippen LogP contribution in [0.5, 0.6) is 0 Å². The van der Waals surface area contributed by atoms with Crippen LogP contribution in [-0.4, -0.2) is 80.0 Å². The molecule has 0 unspecified atom stereocenters. The lowest BCUT2D eigenvalue weighted by Crippen LogP contribution is -2.47. The summed E-state index contributed by atoms with van der Waals surface area (Å²) in [4.78, 5) is 29.7. The highest BCUT2D eigenvalue weighted by Crippen LogP contribution is 2.18. The van der Waals surface area contributed by atoms with E-state index in [0.717, 1.165) is 32.5 Å². The Hall–Kier alpha value is -1.30. The molecular weight excluding hydrogens is 268 g/mol. The molecule has 0 aromatic rings. The second-order valence-corrected chi connectivity index (χ2v) is 5.76. The topological polar surface area (TPSA) is 55.9 Å². The minimum Gasteiger partial charge on any atom is -0.355 e. The van der Waals surface area contributed by atoms with Crippen LogP contribution in [0.15, 0.2) is 0 Å². The molecule has 1 heterocycles. The first-order valence-electron chi connectivity index (χ1n) is 7.95. The van der Waals surface area contributed by atoms with Gasteiger partial charge in [-0.25, -0.2) is 4.79 Å². The quantitative estimate of drug-likeness (QED) is 0.790. The Morgan fingerprint density at radius 2 is 1.71 bits per heavy atom. The number of rotatable bonds is 6. The maximum atomic E-state index is 12.1. The Balaban J connectivity index is 2.27. The molecule has 0 spiro atoms. The molecule has 0 atom stereocenters. The molecule has 0 saturated carbocycles. The van der Waals surface area contributed by atoms with Crippen molar-refractivity contribution in [2.75, 3.05) is 53.4 Å². The third-order valence-electron chi connectivity index (χ3n) is 4.14. The van der Waals surface area contributed by atoms with Gasteiger partial charge in [-0.3, -0.25) is 4.79 Å². The molecule has 6 nitrogen and oxygen atoms in total. The highest BCUT2D eigenvalue weighted by molar-refractivity contribution is 5.79. The largest absolute Gasteiger partial charge is 0.355 e. The molecular formula is C15H30N4O2. The van der Waals surface area contributed by atoms with Crippen molar-refractivity contribution in [1.82, 2.24) is 20.0 Å². The molecule has 1 N–H and O–H groups in total. The average Bonchev–Trinajstić information content (AvgIpc) is 2.50. The van der Waals surface area contributed by atoms with Gasteiger partial charge in [0.2, 0.25) is 5.91 Å². The predicted molar refractivity (Wildman–Crippen MR) is 84.2 cm³/mol. The number of piperidine rings is 1. The van der Waals surface area contributed by atoms with E-state index in [1.165, 1.54) is 0 Å². The fourth-order valence-corrected chi connectivity index (χ4v) is 2.64. The molecule has 1 rings (SSSR count). The first-order valence-corrected chi connectivity index (χ1v) is 7.95. The van der Waals surface area contributed by atoms with Crippen LogP contribution in [-0.2, 0) is 4.79 Å². The molecule has 0 aliphatic carbocycles. The number of amides is 3. The smallest absolute Gasteiger partial charge is 0.319 e. The van der Waals surface area contributed by atoms with Crippen LogP contribution in [0.1, 0.15) is 26.7 Å². The van der Waals surface area contributed by atoms with Gasteiger partial charge < -0.3 is 20.0 Å². The lowest BCUT2D eigenvalue weighted by Gasteiger charge is -2.33. The van der Waals surface area contributed by atoms with Crippen LogP contribution < -0.4 is 5.32 Å².